The van der Waals surface area contributed by atoms with Gasteiger partial charge in [0.2, 0.25) is 0 Å². The smallest absolute Gasteiger partial charge is 0.369 e. The first-order valence-corrected chi connectivity index (χ1v) is 9.18. The van der Waals surface area contributed by atoms with Gasteiger partial charge in [0.1, 0.15) is 0 Å². The summed E-state index contributed by atoms with van der Waals surface area (Å²) in [5.74, 6) is 1.51. The third-order valence-electron chi connectivity index (χ3n) is 5.16. The molecule has 0 spiro atoms. The zero-order chi connectivity index (χ0) is 15.3. The molecule has 22 heavy (non-hydrogen) atoms. The Morgan fingerprint density at radius 1 is 1.32 bits per heavy atom. The van der Waals surface area contributed by atoms with Crippen molar-refractivity contribution in [2.75, 3.05) is 24.5 Å². The van der Waals surface area contributed by atoms with Crippen LogP contribution in [-0.2, 0) is 16.9 Å². The molecule has 0 bridgehead atoms. The minimum Gasteiger partial charge on any atom is -0.369 e. The van der Waals surface area contributed by atoms with Crippen LogP contribution in [0.4, 0.5) is 5.69 Å². The van der Waals surface area contributed by atoms with Gasteiger partial charge in [0.25, 0.3) is 0 Å². The summed E-state index contributed by atoms with van der Waals surface area (Å²) in [5.41, 5.74) is 3.28. The number of anilines is 1. The predicted molar refractivity (Wildman–Crippen MR) is 82.6 cm³/mol. The van der Waals surface area contributed by atoms with Gasteiger partial charge in [-0.3, -0.25) is 4.55 Å². The number of nitrogens with zero attached hydrogens (tertiary/aromatic N) is 1. The summed E-state index contributed by atoms with van der Waals surface area (Å²) < 4.78 is 36.0. The molecule has 1 fully saturated rings. The van der Waals surface area contributed by atoms with E-state index in [9.17, 15) is 8.42 Å². The average molecular weight is 324 g/mol. The number of nitrogens with one attached hydrogen (secondary N) is 1. The highest BCUT2D eigenvalue weighted by atomic mass is 32.3. The molecule has 2 aliphatic heterocycles. The monoisotopic (exact) mass is 324 g/mol. The van der Waals surface area contributed by atoms with Crippen molar-refractivity contribution < 1.29 is 17.2 Å². The van der Waals surface area contributed by atoms with Gasteiger partial charge in [0.05, 0.1) is 0 Å². The lowest BCUT2D eigenvalue weighted by Gasteiger charge is -2.39. The van der Waals surface area contributed by atoms with Gasteiger partial charge in [-0.05, 0) is 36.3 Å². The van der Waals surface area contributed by atoms with Gasteiger partial charge < -0.3 is 14.4 Å². The van der Waals surface area contributed by atoms with Gasteiger partial charge in [-0.15, -0.1) is 0 Å². The second kappa shape index (κ2) is 5.11. The molecule has 1 aromatic rings. The minimum absolute atomic E-state index is 0.233. The summed E-state index contributed by atoms with van der Waals surface area (Å²) in [4.78, 5) is 2.36. The van der Waals surface area contributed by atoms with Crippen molar-refractivity contribution in [3.8, 4) is 5.75 Å². The standard InChI is InChI=1S/C15H20N2O4S/c18-22(19,20)21-14-5-4-12-11-3-1-2-10(11)9-17-7-6-16-8-13(14)15(12)17/h4-5,10-11,16H,1-3,6-9H2,(H,18,19,20). The molecule has 0 amide bonds. The Labute approximate surface area is 130 Å². The Hall–Kier alpha value is -1.31. The van der Waals surface area contributed by atoms with Gasteiger partial charge in [-0.1, -0.05) is 12.5 Å². The maximum absolute atomic E-state index is 11.1. The molecule has 7 heteroatoms. The molecule has 2 N–H and O–H groups in total. The van der Waals surface area contributed by atoms with E-state index in [4.69, 9.17) is 8.74 Å². The van der Waals surface area contributed by atoms with E-state index in [0.717, 1.165) is 30.9 Å². The van der Waals surface area contributed by atoms with Gasteiger partial charge >= 0.3 is 10.4 Å². The van der Waals surface area contributed by atoms with Crippen molar-refractivity contribution in [2.24, 2.45) is 5.92 Å². The summed E-state index contributed by atoms with van der Waals surface area (Å²) in [5, 5.41) is 3.32. The second-order valence-electron chi connectivity index (χ2n) is 6.41. The molecular formula is C15H20N2O4S. The SMILES string of the molecule is O=S(=O)(O)Oc1ccc2c3c1CNCCN3CC1CCCC21. The molecule has 3 aliphatic rings. The van der Waals surface area contributed by atoms with Gasteiger partial charge in [0, 0.05) is 37.4 Å². The number of fused-ring (bicyclic) bond motifs is 2. The number of hydrogen-bond donors (Lipinski definition) is 2. The van der Waals surface area contributed by atoms with Crippen LogP contribution >= 0.6 is 0 Å². The summed E-state index contributed by atoms with van der Waals surface area (Å²) in [7, 11) is -4.51. The van der Waals surface area contributed by atoms with Crippen LogP contribution in [0.5, 0.6) is 5.75 Å². The van der Waals surface area contributed by atoms with E-state index in [-0.39, 0.29) is 5.75 Å². The molecule has 6 nitrogen and oxygen atoms in total. The zero-order valence-corrected chi connectivity index (χ0v) is 13.1. The lowest BCUT2D eigenvalue weighted by atomic mass is 9.82. The van der Waals surface area contributed by atoms with E-state index in [1.54, 1.807) is 6.07 Å². The first-order valence-electron chi connectivity index (χ1n) is 7.81. The van der Waals surface area contributed by atoms with Crippen molar-refractivity contribution in [2.45, 2.75) is 31.7 Å². The number of hydrogen-bond acceptors (Lipinski definition) is 5. The number of benzene rings is 1. The highest BCUT2D eigenvalue weighted by Gasteiger charge is 2.39. The van der Waals surface area contributed by atoms with Crippen molar-refractivity contribution >= 4 is 16.1 Å². The lowest BCUT2D eigenvalue weighted by molar-refractivity contribution is 0.384. The van der Waals surface area contributed by atoms with Crippen LogP contribution in [0.1, 0.15) is 36.3 Å². The summed E-state index contributed by atoms with van der Waals surface area (Å²) in [6, 6.07) is 3.67. The fourth-order valence-electron chi connectivity index (χ4n) is 4.34. The second-order valence-corrected chi connectivity index (χ2v) is 7.43. The molecule has 0 aromatic heterocycles. The first-order chi connectivity index (χ1) is 10.5. The van der Waals surface area contributed by atoms with E-state index in [2.05, 4.69) is 10.2 Å². The van der Waals surface area contributed by atoms with Gasteiger partial charge in [0.15, 0.2) is 5.75 Å². The van der Waals surface area contributed by atoms with Crippen molar-refractivity contribution in [1.29, 1.82) is 0 Å². The zero-order valence-electron chi connectivity index (χ0n) is 12.3. The fourth-order valence-corrected chi connectivity index (χ4v) is 4.72. The van der Waals surface area contributed by atoms with E-state index in [0.29, 0.717) is 18.4 Å². The van der Waals surface area contributed by atoms with Crippen LogP contribution in [-0.4, -0.2) is 32.6 Å². The molecule has 1 aromatic carbocycles. The maximum Gasteiger partial charge on any atom is 0.446 e. The van der Waals surface area contributed by atoms with E-state index in [1.165, 1.54) is 24.8 Å². The predicted octanol–water partition coefficient (Wildman–Crippen LogP) is 1.68. The van der Waals surface area contributed by atoms with Gasteiger partial charge in [-0.25, -0.2) is 0 Å². The Morgan fingerprint density at radius 2 is 2.18 bits per heavy atom. The summed E-state index contributed by atoms with van der Waals surface area (Å²) in [6.45, 7) is 3.36. The average Bonchev–Trinajstić information content (AvgIpc) is 2.80. The Morgan fingerprint density at radius 3 is 3.00 bits per heavy atom. The molecule has 1 aliphatic carbocycles. The summed E-state index contributed by atoms with van der Waals surface area (Å²) >= 11 is 0. The lowest BCUT2D eigenvalue weighted by Crippen LogP contribution is -2.38. The molecule has 120 valence electrons. The Balaban J connectivity index is 1.86. The molecule has 0 saturated heterocycles. The molecule has 1 saturated carbocycles. The van der Waals surface area contributed by atoms with Crippen molar-refractivity contribution in [3.63, 3.8) is 0 Å². The van der Waals surface area contributed by atoms with E-state index in [1.807, 2.05) is 6.07 Å². The van der Waals surface area contributed by atoms with Gasteiger partial charge in [-0.2, -0.15) is 8.42 Å². The fraction of sp³-hybridized carbons (Fsp3) is 0.600. The van der Waals surface area contributed by atoms with Crippen LogP contribution in [0.2, 0.25) is 0 Å². The largest absolute Gasteiger partial charge is 0.446 e. The van der Waals surface area contributed by atoms with Crippen LogP contribution in [0.15, 0.2) is 12.1 Å². The third kappa shape index (κ3) is 2.37. The van der Waals surface area contributed by atoms with Crippen LogP contribution < -0.4 is 14.4 Å². The topological polar surface area (TPSA) is 78.9 Å². The molecule has 2 heterocycles. The summed E-state index contributed by atoms with van der Waals surface area (Å²) in [6.07, 6.45) is 3.74. The first kappa shape index (κ1) is 14.3. The van der Waals surface area contributed by atoms with Crippen molar-refractivity contribution in [1.82, 2.24) is 5.32 Å². The molecular weight excluding hydrogens is 304 g/mol. The normalized spacial score (nSPS) is 27.0. The molecule has 0 radical (unpaired) electrons. The molecule has 4 rings (SSSR count). The Kier molecular flexibility index (Phi) is 3.32. The quantitative estimate of drug-likeness (QED) is 0.806. The van der Waals surface area contributed by atoms with Crippen molar-refractivity contribution in [3.05, 3.63) is 23.3 Å². The van der Waals surface area contributed by atoms with E-state index < -0.39 is 10.4 Å². The van der Waals surface area contributed by atoms with Crippen LogP contribution in [0.3, 0.4) is 0 Å². The third-order valence-corrected chi connectivity index (χ3v) is 5.55. The minimum atomic E-state index is -4.51. The molecule has 2 unspecified atom stereocenters. The van der Waals surface area contributed by atoms with E-state index >= 15 is 0 Å². The highest BCUT2D eigenvalue weighted by Crippen LogP contribution is 2.50. The molecule has 2 atom stereocenters. The number of rotatable bonds is 2. The van der Waals surface area contributed by atoms with Crippen LogP contribution in [0, 0.1) is 5.92 Å². The highest BCUT2D eigenvalue weighted by molar-refractivity contribution is 7.81. The maximum atomic E-state index is 11.1. The Bertz CT molecular complexity index is 704. The van der Waals surface area contributed by atoms with Crippen LogP contribution in [0.25, 0.3) is 0 Å².